The summed E-state index contributed by atoms with van der Waals surface area (Å²) in [5, 5.41) is 10.7. The highest BCUT2D eigenvalue weighted by Gasteiger charge is 2.33. The first-order valence-electron chi connectivity index (χ1n) is 10.9. The lowest BCUT2D eigenvalue weighted by Crippen LogP contribution is -2.42. The minimum Gasteiger partial charge on any atom is -0.493 e. The summed E-state index contributed by atoms with van der Waals surface area (Å²) in [6.07, 6.45) is 0.325. The number of benzene rings is 2. The molecule has 1 aliphatic heterocycles. The molecule has 1 N–H and O–H groups in total. The fourth-order valence-corrected chi connectivity index (χ4v) is 5.77. The molecule has 3 rings (SSSR count). The summed E-state index contributed by atoms with van der Waals surface area (Å²) in [5.41, 5.74) is 1.36. The van der Waals surface area contributed by atoms with Crippen molar-refractivity contribution in [2.45, 2.75) is 25.1 Å². The number of aliphatic hydroxyl groups excluding tert-OH is 1. The first-order chi connectivity index (χ1) is 16.3. The van der Waals surface area contributed by atoms with Crippen LogP contribution in [0.2, 0.25) is 0 Å². The van der Waals surface area contributed by atoms with Gasteiger partial charge in [0.2, 0.25) is 0 Å². The number of ether oxygens (including phenoxy) is 4. The molecule has 2 unspecified atom stereocenters. The predicted octanol–water partition coefficient (Wildman–Crippen LogP) is 1.95. The second-order valence-corrected chi connectivity index (χ2v) is 10.4. The molecular formula is C24H31NO8S. The van der Waals surface area contributed by atoms with Gasteiger partial charge < -0.3 is 24.1 Å². The Kier molecular flexibility index (Phi) is 8.76. The number of sulfone groups is 1. The molecule has 1 fully saturated rings. The summed E-state index contributed by atoms with van der Waals surface area (Å²) in [7, 11) is 1.48. The van der Waals surface area contributed by atoms with Crippen molar-refractivity contribution < 1.29 is 37.3 Å². The van der Waals surface area contributed by atoms with Gasteiger partial charge in [-0.25, -0.2) is 8.42 Å². The number of rotatable bonds is 12. The van der Waals surface area contributed by atoms with E-state index in [0.717, 1.165) is 5.56 Å². The molecule has 0 bridgehead atoms. The van der Waals surface area contributed by atoms with Crippen LogP contribution in [0.3, 0.4) is 0 Å². The number of carbonyl (C=O) groups is 1. The minimum absolute atomic E-state index is 0.0291. The van der Waals surface area contributed by atoms with Gasteiger partial charge in [-0.1, -0.05) is 6.07 Å². The SMILES string of the molecule is COc1ccc(CN(CC(O)COc2ccc(C=O)cc2OC)C2CCS(=O)(=O)C2)cc1OC. The van der Waals surface area contributed by atoms with Crippen LogP contribution >= 0.6 is 0 Å². The van der Waals surface area contributed by atoms with E-state index in [0.29, 0.717) is 47.8 Å². The monoisotopic (exact) mass is 493 g/mol. The summed E-state index contributed by atoms with van der Waals surface area (Å²) in [4.78, 5) is 12.9. The molecule has 0 aliphatic carbocycles. The number of hydrogen-bond donors (Lipinski definition) is 1. The Bertz CT molecular complexity index is 1090. The molecule has 1 aliphatic rings. The lowest BCUT2D eigenvalue weighted by Gasteiger charge is -2.30. The van der Waals surface area contributed by atoms with Crippen LogP contribution in [0, 0.1) is 0 Å². The normalized spacial score (nSPS) is 17.9. The van der Waals surface area contributed by atoms with E-state index in [9.17, 15) is 18.3 Å². The predicted molar refractivity (Wildman–Crippen MR) is 127 cm³/mol. The summed E-state index contributed by atoms with van der Waals surface area (Å²) in [5.74, 6) is 2.16. The van der Waals surface area contributed by atoms with Crippen LogP contribution in [0.25, 0.3) is 0 Å². The van der Waals surface area contributed by atoms with Crippen LogP contribution in [0.5, 0.6) is 23.0 Å². The van der Waals surface area contributed by atoms with Gasteiger partial charge in [-0.2, -0.15) is 0 Å². The van der Waals surface area contributed by atoms with E-state index in [1.54, 1.807) is 38.5 Å². The lowest BCUT2D eigenvalue weighted by molar-refractivity contribution is 0.0516. The van der Waals surface area contributed by atoms with Gasteiger partial charge >= 0.3 is 0 Å². The Morgan fingerprint density at radius 2 is 1.71 bits per heavy atom. The van der Waals surface area contributed by atoms with Crippen molar-refractivity contribution >= 4 is 16.1 Å². The number of aldehydes is 1. The molecule has 0 amide bonds. The van der Waals surface area contributed by atoms with Crippen LogP contribution in [0.1, 0.15) is 22.3 Å². The van der Waals surface area contributed by atoms with Crippen molar-refractivity contribution in [3.8, 4) is 23.0 Å². The number of carbonyl (C=O) groups excluding carboxylic acids is 1. The van der Waals surface area contributed by atoms with Crippen LogP contribution < -0.4 is 18.9 Å². The van der Waals surface area contributed by atoms with E-state index in [2.05, 4.69) is 0 Å². The van der Waals surface area contributed by atoms with Gasteiger partial charge in [0.05, 0.1) is 32.8 Å². The zero-order valence-corrected chi connectivity index (χ0v) is 20.4. The second kappa shape index (κ2) is 11.5. The van der Waals surface area contributed by atoms with Crippen LogP contribution in [-0.2, 0) is 16.4 Å². The Labute approximate surface area is 200 Å². The molecule has 0 saturated carbocycles. The van der Waals surface area contributed by atoms with E-state index in [-0.39, 0.29) is 30.7 Å². The Balaban J connectivity index is 1.72. The van der Waals surface area contributed by atoms with Gasteiger partial charge in [0.25, 0.3) is 0 Å². The zero-order chi connectivity index (χ0) is 24.7. The molecule has 0 spiro atoms. The Morgan fingerprint density at radius 1 is 1.03 bits per heavy atom. The maximum absolute atomic E-state index is 12.1. The van der Waals surface area contributed by atoms with Gasteiger partial charge in [0, 0.05) is 24.7 Å². The van der Waals surface area contributed by atoms with Crippen molar-refractivity contribution in [2.24, 2.45) is 0 Å². The van der Waals surface area contributed by atoms with Crippen molar-refractivity contribution in [1.29, 1.82) is 0 Å². The van der Waals surface area contributed by atoms with E-state index >= 15 is 0 Å². The van der Waals surface area contributed by atoms with E-state index in [1.165, 1.54) is 7.11 Å². The third kappa shape index (κ3) is 6.62. The smallest absolute Gasteiger partial charge is 0.161 e. The topological polar surface area (TPSA) is 112 Å². The third-order valence-electron chi connectivity index (χ3n) is 5.76. The molecule has 2 atom stereocenters. The number of aliphatic hydroxyl groups is 1. The molecule has 34 heavy (non-hydrogen) atoms. The fourth-order valence-electron chi connectivity index (χ4n) is 4.01. The number of nitrogens with zero attached hydrogens (tertiary/aromatic N) is 1. The van der Waals surface area contributed by atoms with Gasteiger partial charge in [-0.15, -0.1) is 0 Å². The van der Waals surface area contributed by atoms with Crippen molar-refractivity contribution in [2.75, 3.05) is 46.0 Å². The van der Waals surface area contributed by atoms with Gasteiger partial charge in [-0.3, -0.25) is 9.69 Å². The average molecular weight is 494 g/mol. The van der Waals surface area contributed by atoms with Gasteiger partial charge in [-0.05, 0) is 42.3 Å². The van der Waals surface area contributed by atoms with Crippen LogP contribution in [0.4, 0.5) is 0 Å². The number of hydrogen-bond acceptors (Lipinski definition) is 9. The first-order valence-corrected chi connectivity index (χ1v) is 12.7. The molecular weight excluding hydrogens is 462 g/mol. The summed E-state index contributed by atoms with van der Waals surface area (Å²) >= 11 is 0. The molecule has 186 valence electrons. The maximum atomic E-state index is 12.1. The van der Waals surface area contributed by atoms with Crippen molar-refractivity contribution in [1.82, 2.24) is 4.90 Å². The van der Waals surface area contributed by atoms with Gasteiger partial charge in [0.1, 0.15) is 19.0 Å². The maximum Gasteiger partial charge on any atom is 0.161 e. The highest BCUT2D eigenvalue weighted by Crippen LogP contribution is 2.30. The average Bonchev–Trinajstić information content (AvgIpc) is 3.21. The first kappa shape index (κ1) is 25.8. The lowest BCUT2D eigenvalue weighted by atomic mass is 10.1. The molecule has 1 saturated heterocycles. The van der Waals surface area contributed by atoms with Crippen molar-refractivity contribution in [3.05, 3.63) is 47.5 Å². The second-order valence-electron chi connectivity index (χ2n) is 8.17. The molecule has 10 heteroatoms. The summed E-state index contributed by atoms with van der Waals surface area (Å²) < 4.78 is 45.9. The minimum atomic E-state index is -3.11. The molecule has 2 aromatic carbocycles. The van der Waals surface area contributed by atoms with Crippen molar-refractivity contribution in [3.63, 3.8) is 0 Å². The third-order valence-corrected chi connectivity index (χ3v) is 7.51. The number of methoxy groups -OCH3 is 3. The quantitative estimate of drug-likeness (QED) is 0.444. The largest absolute Gasteiger partial charge is 0.493 e. The zero-order valence-electron chi connectivity index (χ0n) is 19.6. The molecule has 1 heterocycles. The fraction of sp³-hybridized carbons (Fsp3) is 0.458. The Hall–Kier alpha value is -2.82. The van der Waals surface area contributed by atoms with Crippen LogP contribution in [0.15, 0.2) is 36.4 Å². The highest BCUT2D eigenvalue weighted by atomic mass is 32.2. The summed E-state index contributed by atoms with van der Waals surface area (Å²) in [6.45, 7) is 0.608. The van der Waals surface area contributed by atoms with E-state index < -0.39 is 15.9 Å². The molecule has 0 radical (unpaired) electrons. The van der Waals surface area contributed by atoms with Crippen LogP contribution in [-0.4, -0.2) is 82.8 Å². The van der Waals surface area contributed by atoms with Gasteiger partial charge in [0.15, 0.2) is 32.8 Å². The Morgan fingerprint density at radius 3 is 2.32 bits per heavy atom. The molecule has 9 nitrogen and oxygen atoms in total. The summed E-state index contributed by atoms with van der Waals surface area (Å²) in [6, 6.07) is 10.1. The van der Waals surface area contributed by atoms with E-state index in [4.69, 9.17) is 18.9 Å². The highest BCUT2D eigenvalue weighted by molar-refractivity contribution is 7.91. The molecule has 2 aromatic rings. The standard InChI is InChI=1S/C24H31NO8S/c1-30-21-6-4-17(10-23(21)31-2)12-25(19-8-9-34(28,29)16-19)13-20(27)15-33-22-7-5-18(14-26)11-24(22)32-3/h4-7,10-11,14,19-20,27H,8-9,12-13,15-16H2,1-3H3. The molecule has 0 aromatic heterocycles. The van der Waals surface area contributed by atoms with E-state index in [1.807, 2.05) is 17.0 Å².